The number of rotatable bonds is 2. The first-order chi connectivity index (χ1) is 17.9. The van der Waals surface area contributed by atoms with Crippen molar-refractivity contribution in [3.63, 3.8) is 0 Å². The van der Waals surface area contributed by atoms with Gasteiger partial charge in [-0.1, -0.05) is 54.6 Å². The summed E-state index contributed by atoms with van der Waals surface area (Å²) in [6.45, 7) is 0. The summed E-state index contributed by atoms with van der Waals surface area (Å²) in [6.07, 6.45) is 5.06. The first-order valence-corrected chi connectivity index (χ1v) is 11.8. The van der Waals surface area contributed by atoms with Crippen LogP contribution in [-0.2, 0) is 0 Å². The average molecular weight is 463 g/mol. The lowest BCUT2D eigenvalue weighted by molar-refractivity contribution is 0.995. The van der Waals surface area contributed by atoms with Gasteiger partial charge in [-0.2, -0.15) is 4.98 Å². The summed E-state index contributed by atoms with van der Waals surface area (Å²) in [7, 11) is 0. The predicted octanol–water partition coefficient (Wildman–Crippen LogP) is 6.61. The summed E-state index contributed by atoms with van der Waals surface area (Å²) in [6, 6.07) is 32.0. The van der Waals surface area contributed by atoms with Crippen molar-refractivity contribution in [2.45, 2.75) is 0 Å². The normalized spacial score (nSPS) is 11.9. The van der Waals surface area contributed by atoms with Crippen LogP contribution in [0.25, 0.3) is 66.4 Å². The van der Waals surface area contributed by atoms with Crippen molar-refractivity contribution in [2.75, 3.05) is 0 Å². The molecule has 36 heavy (non-hydrogen) atoms. The summed E-state index contributed by atoms with van der Waals surface area (Å²) in [4.78, 5) is 18.2. The fourth-order valence-electron chi connectivity index (χ4n) is 5.46. The van der Waals surface area contributed by atoms with E-state index in [1.54, 1.807) is 18.6 Å². The van der Waals surface area contributed by atoms with Crippen molar-refractivity contribution in [3.8, 4) is 11.6 Å². The molecular formula is C30H18N6. The minimum absolute atomic E-state index is 0.579. The van der Waals surface area contributed by atoms with E-state index in [-0.39, 0.29) is 0 Å². The van der Waals surface area contributed by atoms with Crippen molar-refractivity contribution in [1.82, 2.24) is 29.1 Å². The number of aromatic nitrogens is 6. The van der Waals surface area contributed by atoms with E-state index in [2.05, 4.69) is 115 Å². The lowest BCUT2D eigenvalue weighted by Gasteiger charge is -2.08. The summed E-state index contributed by atoms with van der Waals surface area (Å²) in [5, 5.41) is 4.80. The standard InChI is InChI=1S/C30H18N6/c1-2-8-19(9-3-1)35-23-12-6-4-10-20(23)27-25(35)14-15-26-28(27)21-11-5-7-13-24(21)36(26)30-33-18-22-29(34-30)32-17-16-31-22/h1-18H. The van der Waals surface area contributed by atoms with Crippen LogP contribution in [0.5, 0.6) is 0 Å². The Morgan fingerprint density at radius 1 is 0.500 bits per heavy atom. The summed E-state index contributed by atoms with van der Waals surface area (Å²) < 4.78 is 4.48. The van der Waals surface area contributed by atoms with Crippen LogP contribution in [0.4, 0.5) is 0 Å². The summed E-state index contributed by atoms with van der Waals surface area (Å²) >= 11 is 0. The third kappa shape index (κ3) is 2.55. The molecule has 0 aliphatic carbocycles. The van der Waals surface area contributed by atoms with Gasteiger partial charge in [0.15, 0.2) is 5.65 Å². The van der Waals surface area contributed by atoms with Gasteiger partial charge in [-0.15, -0.1) is 0 Å². The highest BCUT2D eigenvalue weighted by Gasteiger charge is 2.21. The number of hydrogen-bond acceptors (Lipinski definition) is 4. The smallest absolute Gasteiger partial charge is 0.236 e. The van der Waals surface area contributed by atoms with Crippen molar-refractivity contribution >= 4 is 54.8 Å². The van der Waals surface area contributed by atoms with E-state index < -0.39 is 0 Å². The number of fused-ring (bicyclic) bond motifs is 8. The topological polar surface area (TPSA) is 61.4 Å². The number of benzene rings is 4. The lowest BCUT2D eigenvalue weighted by Crippen LogP contribution is -2.02. The Morgan fingerprint density at radius 3 is 1.86 bits per heavy atom. The Kier molecular flexibility index (Phi) is 3.85. The second kappa shape index (κ2) is 7.20. The van der Waals surface area contributed by atoms with Gasteiger partial charge in [0.1, 0.15) is 5.52 Å². The van der Waals surface area contributed by atoms with E-state index in [0.29, 0.717) is 17.1 Å². The minimum Gasteiger partial charge on any atom is -0.309 e. The SMILES string of the molecule is c1ccc(-n2c3ccccc3c3c4c5ccccc5n(-c5ncc6nccnc6n5)c4ccc32)cc1. The van der Waals surface area contributed by atoms with E-state index in [9.17, 15) is 0 Å². The maximum absolute atomic E-state index is 4.79. The third-order valence-electron chi connectivity index (χ3n) is 6.90. The van der Waals surface area contributed by atoms with Crippen molar-refractivity contribution < 1.29 is 0 Å². The van der Waals surface area contributed by atoms with E-state index in [1.165, 1.54) is 27.2 Å². The third-order valence-corrected chi connectivity index (χ3v) is 6.90. The summed E-state index contributed by atoms with van der Waals surface area (Å²) in [5.74, 6) is 0.584. The largest absolute Gasteiger partial charge is 0.309 e. The molecule has 0 spiro atoms. The monoisotopic (exact) mass is 462 g/mol. The zero-order valence-corrected chi connectivity index (χ0v) is 19.1. The first-order valence-electron chi connectivity index (χ1n) is 11.8. The van der Waals surface area contributed by atoms with Crippen molar-refractivity contribution in [2.24, 2.45) is 0 Å². The van der Waals surface area contributed by atoms with Crippen LogP contribution in [0.2, 0.25) is 0 Å². The van der Waals surface area contributed by atoms with E-state index in [4.69, 9.17) is 4.98 Å². The zero-order valence-electron chi connectivity index (χ0n) is 19.1. The second-order valence-electron chi connectivity index (χ2n) is 8.83. The Hall–Kier alpha value is -5.10. The van der Waals surface area contributed by atoms with Gasteiger partial charge in [-0.3, -0.25) is 4.57 Å². The van der Waals surface area contributed by atoms with Gasteiger partial charge in [0.05, 0.1) is 28.3 Å². The zero-order chi connectivity index (χ0) is 23.6. The molecule has 0 aliphatic rings. The predicted molar refractivity (Wildman–Crippen MR) is 144 cm³/mol. The molecule has 0 bridgehead atoms. The molecule has 4 heterocycles. The molecule has 0 saturated carbocycles. The maximum Gasteiger partial charge on any atom is 0.236 e. The Morgan fingerprint density at radius 2 is 1.11 bits per heavy atom. The molecule has 0 saturated heterocycles. The van der Waals surface area contributed by atoms with E-state index in [0.717, 1.165) is 22.1 Å². The highest BCUT2D eigenvalue weighted by Crippen LogP contribution is 2.41. The number of para-hydroxylation sites is 3. The van der Waals surface area contributed by atoms with Crippen LogP contribution >= 0.6 is 0 Å². The van der Waals surface area contributed by atoms with Crippen molar-refractivity contribution in [1.29, 1.82) is 0 Å². The first kappa shape index (κ1) is 19.2. The molecule has 8 aromatic rings. The van der Waals surface area contributed by atoms with Crippen molar-refractivity contribution in [3.05, 3.63) is 110 Å². The van der Waals surface area contributed by atoms with Gasteiger partial charge < -0.3 is 4.57 Å². The quantitative estimate of drug-likeness (QED) is 0.290. The molecule has 0 fully saturated rings. The maximum atomic E-state index is 4.79. The molecule has 0 amide bonds. The van der Waals surface area contributed by atoms with Gasteiger partial charge in [0.25, 0.3) is 0 Å². The highest BCUT2D eigenvalue weighted by molar-refractivity contribution is 6.28. The van der Waals surface area contributed by atoms with Gasteiger partial charge >= 0.3 is 0 Å². The molecule has 0 radical (unpaired) electrons. The van der Waals surface area contributed by atoms with Crippen LogP contribution < -0.4 is 0 Å². The molecule has 0 atom stereocenters. The Bertz CT molecular complexity index is 2100. The van der Waals surface area contributed by atoms with Gasteiger partial charge in [0.2, 0.25) is 5.95 Å². The second-order valence-corrected chi connectivity index (χ2v) is 8.83. The molecule has 4 aromatic carbocycles. The Balaban J connectivity index is 1.57. The molecule has 6 nitrogen and oxygen atoms in total. The Labute approximate surface area is 205 Å². The molecule has 0 unspecified atom stereocenters. The van der Waals surface area contributed by atoms with Crippen LogP contribution in [0.15, 0.2) is 110 Å². The van der Waals surface area contributed by atoms with Crippen LogP contribution in [-0.4, -0.2) is 29.1 Å². The molecule has 4 aromatic heterocycles. The van der Waals surface area contributed by atoms with Crippen LogP contribution in [0.3, 0.4) is 0 Å². The fourth-order valence-corrected chi connectivity index (χ4v) is 5.46. The van der Waals surface area contributed by atoms with Crippen LogP contribution in [0, 0.1) is 0 Å². The van der Waals surface area contributed by atoms with Crippen LogP contribution in [0.1, 0.15) is 0 Å². The number of hydrogen-bond donors (Lipinski definition) is 0. The van der Waals surface area contributed by atoms with Gasteiger partial charge in [-0.25, -0.2) is 15.0 Å². The molecule has 0 aliphatic heterocycles. The van der Waals surface area contributed by atoms with Gasteiger partial charge in [0, 0.05) is 39.6 Å². The fraction of sp³-hybridized carbons (Fsp3) is 0. The lowest BCUT2D eigenvalue weighted by atomic mass is 10.1. The molecule has 6 heteroatoms. The van der Waals surface area contributed by atoms with E-state index in [1.807, 2.05) is 0 Å². The number of nitrogens with zero attached hydrogens (tertiary/aromatic N) is 6. The molecule has 168 valence electrons. The molecular weight excluding hydrogens is 444 g/mol. The van der Waals surface area contributed by atoms with Gasteiger partial charge in [-0.05, 0) is 36.4 Å². The molecule has 0 N–H and O–H groups in total. The highest BCUT2D eigenvalue weighted by atomic mass is 15.2. The average Bonchev–Trinajstić information content (AvgIpc) is 3.46. The minimum atomic E-state index is 0.579. The van der Waals surface area contributed by atoms with E-state index >= 15 is 0 Å². The summed E-state index contributed by atoms with van der Waals surface area (Å²) in [5.41, 5.74) is 6.86. The molecule has 8 rings (SSSR count).